The number of alkyl halides is 2. The molecule has 0 saturated carbocycles. The van der Waals surface area contributed by atoms with Crippen LogP contribution in [0.2, 0.25) is 0 Å². The monoisotopic (exact) mass is 278 g/mol. The number of fused-ring (bicyclic) bond motifs is 1. The molecule has 3 rings (SSSR count). The minimum absolute atomic E-state index is 0.123. The zero-order chi connectivity index (χ0) is 14.3. The molecule has 20 heavy (non-hydrogen) atoms. The minimum Gasteiger partial charge on any atom is -0.399 e. The third-order valence-corrected chi connectivity index (χ3v) is 3.52. The Hall–Kier alpha value is -2.17. The van der Waals surface area contributed by atoms with Gasteiger partial charge < -0.3 is 10.6 Å². The first-order valence-corrected chi connectivity index (χ1v) is 6.30. The van der Waals surface area contributed by atoms with Crippen LogP contribution >= 0.6 is 0 Å². The summed E-state index contributed by atoms with van der Waals surface area (Å²) in [6.07, 6.45) is -1.91. The van der Waals surface area contributed by atoms with E-state index >= 15 is 0 Å². The van der Waals surface area contributed by atoms with Crippen molar-refractivity contribution in [2.24, 2.45) is 0 Å². The van der Waals surface area contributed by atoms with Crippen molar-refractivity contribution in [2.75, 3.05) is 17.2 Å². The van der Waals surface area contributed by atoms with Crippen LogP contribution in [0.1, 0.15) is 17.6 Å². The number of nitrogen functional groups attached to an aromatic ring is 1. The lowest BCUT2D eigenvalue weighted by molar-refractivity contribution is 0.152. The summed E-state index contributed by atoms with van der Waals surface area (Å²) in [6.45, 7) is 0.558. The van der Waals surface area contributed by atoms with Crippen molar-refractivity contribution in [1.82, 2.24) is 0 Å². The molecule has 0 aromatic heterocycles. The number of benzene rings is 2. The molecule has 0 fully saturated rings. The smallest absolute Gasteiger partial charge is 0.265 e. The van der Waals surface area contributed by atoms with Gasteiger partial charge in [0, 0.05) is 23.5 Å². The van der Waals surface area contributed by atoms with Crippen LogP contribution in [0.15, 0.2) is 36.4 Å². The molecule has 5 heteroatoms. The van der Waals surface area contributed by atoms with Gasteiger partial charge in [-0.15, -0.1) is 0 Å². The zero-order valence-electron chi connectivity index (χ0n) is 10.6. The molecule has 0 unspecified atom stereocenters. The number of nitrogens with zero attached hydrogens (tertiary/aromatic N) is 1. The molecule has 0 bridgehead atoms. The molecule has 104 valence electrons. The molecule has 0 radical (unpaired) electrons. The van der Waals surface area contributed by atoms with E-state index in [2.05, 4.69) is 0 Å². The van der Waals surface area contributed by atoms with Gasteiger partial charge in [0.05, 0.1) is 5.69 Å². The third-order valence-electron chi connectivity index (χ3n) is 3.52. The molecule has 2 nitrogen and oxygen atoms in total. The SMILES string of the molecule is Nc1ccc(N2CCc3ccc(F)cc32)c(C(F)F)c1. The fourth-order valence-corrected chi connectivity index (χ4v) is 2.60. The summed E-state index contributed by atoms with van der Waals surface area (Å²) >= 11 is 0. The summed E-state index contributed by atoms with van der Waals surface area (Å²) in [5, 5.41) is 0. The highest BCUT2D eigenvalue weighted by atomic mass is 19.3. The molecular weight excluding hydrogens is 265 g/mol. The number of hydrogen-bond acceptors (Lipinski definition) is 2. The van der Waals surface area contributed by atoms with Crippen molar-refractivity contribution in [3.63, 3.8) is 0 Å². The minimum atomic E-state index is -2.62. The Morgan fingerprint density at radius 1 is 1.05 bits per heavy atom. The Bertz CT molecular complexity index is 656. The van der Waals surface area contributed by atoms with Crippen LogP contribution in [0.3, 0.4) is 0 Å². The van der Waals surface area contributed by atoms with Crippen molar-refractivity contribution in [3.05, 3.63) is 53.3 Å². The average molecular weight is 278 g/mol. The average Bonchev–Trinajstić information content (AvgIpc) is 2.81. The first-order valence-electron chi connectivity index (χ1n) is 6.30. The lowest BCUT2D eigenvalue weighted by Gasteiger charge is -2.23. The Kier molecular flexibility index (Phi) is 3.04. The number of rotatable bonds is 2. The van der Waals surface area contributed by atoms with Crippen molar-refractivity contribution in [3.8, 4) is 0 Å². The van der Waals surface area contributed by atoms with Crippen LogP contribution in [0, 0.1) is 5.82 Å². The van der Waals surface area contributed by atoms with E-state index in [1.165, 1.54) is 18.2 Å². The maximum Gasteiger partial charge on any atom is 0.265 e. The first kappa shape index (κ1) is 12.8. The van der Waals surface area contributed by atoms with E-state index in [1.54, 1.807) is 23.1 Å². The van der Waals surface area contributed by atoms with E-state index in [0.717, 1.165) is 5.56 Å². The summed E-state index contributed by atoms with van der Waals surface area (Å²) in [5.41, 5.74) is 7.74. The molecular formula is C15H13F3N2. The summed E-state index contributed by atoms with van der Waals surface area (Å²) in [5.74, 6) is -0.371. The van der Waals surface area contributed by atoms with Gasteiger partial charge in [-0.05, 0) is 42.3 Å². The third kappa shape index (κ3) is 2.09. The van der Waals surface area contributed by atoms with Crippen LogP contribution in [0.5, 0.6) is 0 Å². The van der Waals surface area contributed by atoms with Gasteiger partial charge in [0.15, 0.2) is 0 Å². The van der Waals surface area contributed by atoms with E-state index < -0.39 is 6.43 Å². The Morgan fingerprint density at radius 2 is 1.85 bits per heavy atom. The second kappa shape index (κ2) is 4.74. The van der Waals surface area contributed by atoms with Gasteiger partial charge in [0.25, 0.3) is 6.43 Å². The Morgan fingerprint density at radius 3 is 2.60 bits per heavy atom. The van der Waals surface area contributed by atoms with Crippen LogP contribution in [0.25, 0.3) is 0 Å². The van der Waals surface area contributed by atoms with Gasteiger partial charge in [-0.2, -0.15) is 0 Å². The highest BCUT2D eigenvalue weighted by molar-refractivity contribution is 5.73. The maximum atomic E-state index is 13.4. The van der Waals surface area contributed by atoms with Gasteiger partial charge in [-0.25, -0.2) is 13.2 Å². The molecule has 1 aliphatic rings. The van der Waals surface area contributed by atoms with Crippen LogP contribution < -0.4 is 10.6 Å². The van der Waals surface area contributed by atoms with E-state index in [0.29, 0.717) is 30.0 Å². The number of nitrogens with two attached hydrogens (primary N) is 1. The first-order chi connectivity index (χ1) is 9.56. The molecule has 2 N–H and O–H groups in total. The molecule has 2 aromatic rings. The molecule has 0 spiro atoms. The molecule has 0 amide bonds. The zero-order valence-corrected chi connectivity index (χ0v) is 10.6. The van der Waals surface area contributed by atoms with Gasteiger partial charge in [-0.3, -0.25) is 0 Å². The van der Waals surface area contributed by atoms with E-state index in [9.17, 15) is 13.2 Å². The highest BCUT2D eigenvalue weighted by Crippen LogP contribution is 2.40. The van der Waals surface area contributed by atoms with Crippen LogP contribution in [-0.4, -0.2) is 6.54 Å². The van der Waals surface area contributed by atoms with Gasteiger partial charge in [-0.1, -0.05) is 6.07 Å². The normalized spacial score (nSPS) is 13.9. The summed E-state index contributed by atoms with van der Waals surface area (Å²) in [4.78, 5) is 1.72. The fraction of sp³-hybridized carbons (Fsp3) is 0.200. The molecule has 0 aliphatic carbocycles. The number of anilines is 3. The topological polar surface area (TPSA) is 29.3 Å². The largest absolute Gasteiger partial charge is 0.399 e. The lowest BCUT2D eigenvalue weighted by atomic mass is 10.1. The second-order valence-corrected chi connectivity index (χ2v) is 4.79. The summed E-state index contributed by atoms with van der Waals surface area (Å²) in [7, 11) is 0. The van der Waals surface area contributed by atoms with Crippen molar-refractivity contribution in [2.45, 2.75) is 12.8 Å². The van der Waals surface area contributed by atoms with Crippen molar-refractivity contribution >= 4 is 17.1 Å². The molecule has 2 aromatic carbocycles. The van der Waals surface area contributed by atoms with E-state index in [1.807, 2.05) is 0 Å². The fourth-order valence-electron chi connectivity index (χ4n) is 2.60. The van der Waals surface area contributed by atoms with E-state index in [-0.39, 0.29) is 11.4 Å². The van der Waals surface area contributed by atoms with Crippen molar-refractivity contribution in [1.29, 1.82) is 0 Å². The highest BCUT2D eigenvalue weighted by Gasteiger charge is 2.25. The molecule has 0 saturated heterocycles. The Balaban J connectivity index is 2.10. The summed E-state index contributed by atoms with van der Waals surface area (Å²) in [6, 6.07) is 8.89. The number of hydrogen-bond donors (Lipinski definition) is 1. The standard InChI is InChI=1S/C15H13F3N2/c16-10-2-1-9-5-6-20(14(9)7-10)13-4-3-11(19)8-12(13)15(17)18/h1-4,7-8,15H,5-6,19H2. The molecule has 0 atom stereocenters. The molecule has 1 aliphatic heterocycles. The van der Waals surface area contributed by atoms with Gasteiger partial charge in [0.2, 0.25) is 0 Å². The van der Waals surface area contributed by atoms with E-state index in [4.69, 9.17) is 5.73 Å². The predicted molar refractivity (Wildman–Crippen MR) is 72.9 cm³/mol. The van der Waals surface area contributed by atoms with Crippen LogP contribution in [-0.2, 0) is 6.42 Å². The van der Waals surface area contributed by atoms with Crippen LogP contribution in [0.4, 0.5) is 30.2 Å². The van der Waals surface area contributed by atoms with Gasteiger partial charge >= 0.3 is 0 Å². The second-order valence-electron chi connectivity index (χ2n) is 4.79. The quantitative estimate of drug-likeness (QED) is 0.840. The summed E-state index contributed by atoms with van der Waals surface area (Å²) < 4.78 is 39.7. The van der Waals surface area contributed by atoms with Crippen molar-refractivity contribution < 1.29 is 13.2 Å². The predicted octanol–water partition coefficient (Wildman–Crippen LogP) is 4.04. The maximum absolute atomic E-state index is 13.4. The Labute approximate surface area is 114 Å². The lowest BCUT2D eigenvalue weighted by Crippen LogP contribution is -2.15. The van der Waals surface area contributed by atoms with Gasteiger partial charge in [0.1, 0.15) is 5.82 Å². The number of halogens is 3. The molecule has 1 heterocycles.